The second-order valence-corrected chi connectivity index (χ2v) is 6.17. The molecule has 0 unspecified atom stereocenters. The molecule has 0 amide bonds. The van der Waals surface area contributed by atoms with Gasteiger partial charge < -0.3 is 10.5 Å². The van der Waals surface area contributed by atoms with Crippen LogP contribution in [0.3, 0.4) is 0 Å². The molecule has 4 nitrogen and oxygen atoms in total. The maximum absolute atomic E-state index is 12.0. The standard InChI is InChI=1S/C12H11NO2.C7H9F3O/c1-15-12(14)10-3-2-9-7-11(13)5-4-8(9)6-10;8-7(9,10)5-1-3-6(11)4-2-5/h2-7H,13H2,1H3;5H,1-4H2. The largest absolute Gasteiger partial charge is 0.465 e. The molecule has 2 aromatic carbocycles. The van der Waals surface area contributed by atoms with Crippen molar-refractivity contribution >= 4 is 28.2 Å². The number of benzene rings is 2. The normalized spacial score (nSPS) is 15.3. The summed E-state index contributed by atoms with van der Waals surface area (Å²) in [5, 5.41) is 2.00. The van der Waals surface area contributed by atoms with Crippen LogP contribution in [0.4, 0.5) is 18.9 Å². The van der Waals surface area contributed by atoms with Crippen LogP contribution in [0.1, 0.15) is 36.0 Å². The zero-order valence-corrected chi connectivity index (χ0v) is 14.3. The fourth-order valence-electron chi connectivity index (χ4n) is 2.78. The summed E-state index contributed by atoms with van der Waals surface area (Å²) in [4.78, 5) is 21.8. The van der Waals surface area contributed by atoms with Gasteiger partial charge in [0.25, 0.3) is 0 Å². The fourth-order valence-corrected chi connectivity index (χ4v) is 2.78. The number of halogens is 3. The summed E-state index contributed by atoms with van der Waals surface area (Å²) in [6.45, 7) is 0. The van der Waals surface area contributed by atoms with Gasteiger partial charge in [-0.2, -0.15) is 13.2 Å². The van der Waals surface area contributed by atoms with Gasteiger partial charge >= 0.3 is 12.1 Å². The second-order valence-electron chi connectivity index (χ2n) is 6.17. The Morgan fingerprint density at radius 3 is 2.23 bits per heavy atom. The highest BCUT2D eigenvalue weighted by atomic mass is 19.4. The molecule has 2 aromatic rings. The van der Waals surface area contributed by atoms with Crippen LogP contribution < -0.4 is 5.73 Å². The molecule has 3 rings (SSSR count). The zero-order chi connectivity index (χ0) is 19.3. The molecule has 0 bridgehead atoms. The van der Waals surface area contributed by atoms with E-state index in [2.05, 4.69) is 4.74 Å². The zero-order valence-electron chi connectivity index (χ0n) is 14.3. The monoisotopic (exact) mass is 367 g/mol. The molecule has 0 radical (unpaired) electrons. The van der Waals surface area contributed by atoms with Crippen molar-refractivity contribution in [2.45, 2.75) is 31.9 Å². The molecule has 2 N–H and O–H groups in total. The lowest BCUT2D eigenvalue weighted by Gasteiger charge is -2.22. The van der Waals surface area contributed by atoms with Crippen molar-refractivity contribution in [3.8, 4) is 0 Å². The predicted molar refractivity (Wildman–Crippen MR) is 92.7 cm³/mol. The van der Waals surface area contributed by atoms with Gasteiger partial charge in [0, 0.05) is 18.5 Å². The van der Waals surface area contributed by atoms with E-state index in [-0.39, 0.29) is 37.4 Å². The highest BCUT2D eigenvalue weighted by Crippen LogP contribution is 2.36. The smallest absolute Gasteiger partial charge is 0.391 e. The van der Waals surface area contributed by atoms with E-state index < -0.39 is 12.1 Å². The Hall–Kier alpha value is -2.57. The third-order valence-electron chi connectivity index (χ3n) is 4.29. The number of carbonyl (C=O) groups is 2. The highest BCUT2D eigenvalue weighted by Gasteiger charge is 2.40. The molecule has 0 aliphatic heterocycles. The number of nitrogen functional groups attached to an aromatic ring is 1. The number of nitrogens with two attached hydrogens (primary N) is 1. The minimum atomic E-state index is -4.10. The molecule has 7 heteroatoms. The average Bonchev–Trinajstić information content (AvgIpc) is 2.60. The third kappa shape index (κ3) is 5.21. The summed E-state index contributed by atoms with van der Waals surface area (Å²) in [6, 6.07) is 10.9. The van der Waals surface area contributed by atoms with Gasteiger partial charge in [0.1, 0.15) is 5.78 Å². The lowest BCUT2D eigenvalue weighted by atomic mass is 9.88. The Morgan fingerprint density at radius 2 is 1.65 bits per heavy atom. The van der Waals surface area contributed by atoms with Crippen molar-refractivity contribution in [2.24, 2.45) is 5.92 Å². The van der Waals surface area contributed by atoms with E-state index >= 15 is 0 Å². The van der Waals surface area contributed by atoms with E-state index in [9.17, 15) is 22.8 Å². The molecule has 1 saturated carbocycles. The number of fused-ring (bicyclic) bond motifs is 1. The molecule has 140 valence electrons. The summed E-state index contributed by atoms with van der Waals surface area (Å²) in [5.74, 6) is -1.60. The van der Waals surface area contributed by atoms with Crippen molar-refractivity contribution in [2.75, 3.05) is 12.8 Å². The maximum Gasteiger partial charge on any atom is 0.391 e. The van der Waals surface area contributed by atoms with Crippen molar-refractivity contribution in [3.63, 3.8) is 0 Å². The minimum absolute atomic E-state index is 0.0116. The predicted octanol–water partition coefficient (Wildman–Crippen LogP) is 4.52. The van der Waals surface area contributed by atoms with E-state index in [1.165, 1.54) is 7.11 Å². The lowest BCUT2D eigenvalue weighted by molar-refractivity contribution is -0.182. The molecule has 0 atom stereocenters. The number of rotatable bonds is 1. The van der Waals surface area contributed by atoms with Crippen LogP contribution in [0.25, 0.3) is 10.8 Å². The van der Waals surface area contributed by atoms with Gasteiger partial charge in [-0.3, -0.25) is 4.79 Å². The van der Waals surface area contributed by atoms with E-state index in [1.807, 2.05) is 24.3 Å². The van der Waals surface area contributed by atoms with Gasteiger partial charge in [-0.1, -0.05) is 12.1 Å². The number of anilines is 1. The molecular formula is C19H20F3NO3. The quantitative estimate of drug-likeness (QED) is 0.594. The highest BCUT2D eigenvalue weighted by molar-refractivity contribution is 5.96. The molecule has 0 saturated heterocycles. The second kappa shape index (κ2) is 8.21. The van der Waals surface area contributed by atoms with Gasteiger partial charge in [-0.25, -0.2) is 4.79 Å². The summed E-state index contributed by atoms with van der Waals surface area (Å²) in [5.41, 5.74) is 6.92. The first-order chi connectivity index (χ1) is 12.2. The van der Waals surface area contributed by atoms with E-state index in [0.29, 0.717) is 11.3 Å². The molecule has 1 aliphatic rings. The van der Waals surface area contributed by atoms with Gasteiger partial charge in [0.05, 0.1) is 18.6 Å². The Morgan fingerprint density at radius 1 is 1.08 bits per heavy atom. The first kappa shape index (κ1) is 19.8. The number of carbonyl (C=O) groups excluding carboxylic acids is 2. The number of ether oxygens (including phenoxy) is 1. The summed E-state index contributed by atoms with van der Waals surface area (Å²) >= 11 is 0. The van der Waals surface area contributed by atoms with E-state index in [4.69, 9.17) is 5.73 Å². The van der Waals surface area contributed by atoms with Crippen molar-refractivity contribution in [3.05, 3.63) is 42.0 Å². The van der Waals surface area contributed by atoms with Gasteiger partial charge in [-0.15, -0.1) is 0 Å². The third-order valence-corrected chi connectivity index (χ3v) is 4.29. The van der Waals surface area contributed by atoms with Crippen LogP contribution >= 0.6 is 0 Å². The molecule has 1 aliphatic carbocycles. The fraction of sp³-hybridized carbons (Fsp3) is 0.368. The average molecular weight is 367 g/mol. The van der Waals surface area contributed by atoms with Gasteiger partial charge in [0.2, 0.25) is 0 Å². The van der Waals surface area contributed by atoms with Crippen molar-refractivity contribution in [1.29, 1.82) is 0 Å². The Bertz CT molecular complexity index is 792. The molecule has 0 aromatic heterocycles. The number of Topliss-reactive ketones (excluding diaryl/α,β-unsaturated/α-hetero) is 1. The molecule has 0 spiro atoms. The van der Waals surface area contributed by atoms with Crippen LogP contribution in [0, 0.1) is 5.92 Å². The van der Waals surface area contributed by atoms with Crippen molar-refractivity contribution in [1.82, 2.24) is 0 Å². The molecule has 1 fully saturated rings. The summed E-state index contributed by atoms with van der Waals surface area (Å²) in [6.07, 6.45) is -3.92. The summed E-state index contributed by atoms with van der Waals surface area (Å²) < 4.78 is 40.5. The van der Waals surface area contributed by atoms with E-state index in [0.717, 1.165) is 10.8 Å². The first-order valence-electron chi connectivity index (χ1n) is 8.16. The number of hydrogen-bond acceptors (Lipinski definition) is 4. The Kier molecular flexibility index (Phi) is 6.23. The first-order valence-corrected chi connectivity index (χ1v) is 8.16. The van der Waals surface area contributed by atoms with Crippen LogP contribution in [0.2, 0.25) is 0 Å². The topological polar surface area (TPSA) is 69.4 Å². The maximum atomic E-state index is 12.0. The Balaban J connectivity index is 0.000000197. The minimum Gasteiger partial charge on any atom is -0.465 e. The van der Waals surface area contributed by atoms with Gasteiger partial charge in [-0.05, 0) is 47.9 Å². The van der Waals surface area contributed by atoms with Crippen LogP contribution in [0.5, 0.6) is 0 Å². The van der Waals surface area contributed by atoms with E-state index in [1.54, 1.807) is 12.1 Å². The van der Waals surface area contributed by atoms with Crippen LogP contribution in [0.15, 0.2) is 36.4 Å². The lowest BCUT2D eigenvalue weighted by Crippen LogP contribution is -2.27. The Labute approximate surface area is 149 Å². The van der Waals surface area contributed by atoms with Crippen molar-refractivity contribution < 1.29 is 27.5 Å². The number of hydrogen-bond donors (Lipinski definition) is 1. The number of ketones is 1. The molecule has 26 heavy (non-hydrogen) atoms. The molecular weight excluding hydrogens is 347 g/mol. The van der Waals surface area contributed by atoms with Crippen LogP contribution in [-0.2, 0) is 9.53 Å². The molecule has 0 heterocycles. The SMILES string of the molecule is COC(=O)c1ccc2cc(N)ccc2c1.O=C1CCC(C(F)(F)F)CC1. The number of esters is 1. The number of methoxy groups -OCH3 is 1. The van der Waals surface area contributed by atoms with Crippen LogP contribution in [-0.4, -0.2) is 25.0 Å². The number of alkyl halides is 3. The summed E-state index contributed by atoms with van der Waals surface area (Å²) in [7, 11) is 1.37. The van der Waals surface area contributed by atoms with Gasteiger partial charge in [0.15, 0.2) is 0 Å².